The van der Waals surface area contributed by atoms with Gasteiger partial charge in [-0.25, -0.2) is 4.98 Å². The van der Waals surface area contributed by atoms with Gasteiger partial charge in [-0.2, -0.15) is 0 Å². The highest BCUT2D eigenvalue weighted by atomic mass is 15.0. The molecule has 72 valence electrons. The summed E-state index contributed by atoms with van der Waals surface area (Å²) in [4.78, 5) is 4.31. The van der Waals surface area contributed by atoms with Gasteiger partial charge in [0, 0.05) is 11.7 Å². The molecule has 2 heterocycles. The molecule has 1 aliphatic carbocycles. The number of nitrogens with two attached hydrogens (primary N) is 1. The zero-order chi connectivity index (χ0) is 9.76. The van der Waals surface area contributed by atoms with Crippen LogP contribution in [0.2, 0.25) is 0 Å². The zero-order valence-electron chi connectivity index (χ0n) is 8.20. The van der Waals surface area contributed by atoms with E-state index in [4.69, 9.17) is 5.73 Å². The minimum absolute atomic E-state index is 0.0744. The Hall–Kier alpha value is -1.35. The highest BCUT2D eigenvalue weighted by Crippen LogP contribution is 2.44. The summed E-state index contributed by atoms with van der Waals surface area (Å²) in [6.07, 6.45) is 6.14. The highest BCUT2D eigenvalue weighted by molar-refractivity contribution is 5.58. The molecule has 1 aliphatic rings. The first-order valence-electron chi connectivity index (χ1n) is 4.93. The summed E-state index contributed by atoms with van der Waals surface area (Å²) in [5.74, 6) is 1.02. The molecule has 0 saturated heterocycles. The molecule has 2 aromatic rings. The first kappa shape index (κ1) is 8.00. The summed E-state index contributed by atoms with van der Waals surface area (Å²) >= 11 is 0. The zero-order valence-corrected chi connectivity index (χ0v) is 8.20. The summed E-state index contributed by atoms with van der Waals surface area (Å²) in [6.45, 7) is 2.01. The Kier molecular flexibility index (Phi) is 1.35. The van der Waals surface area contributed by atoms with Crippen LogP contribution in [0.3, 0.4) is 0 Å². The summed E-state index contributed by atoms with van der Waals surface area (Å²) in [5, 5.41) is 0. The van der Waals surface area contributed by atoms with Crippen LogP contribution < -0.4 is 5.73 Å². The number of rotatable bonds is 1. The largest absolute Gasteiger partial charge is 0.321 e. The van der Waals surface area contributed by atoms with Crippen LogP contribution in [0.5, 0.6) is 0 Å². The van der Waals surface area contributed by atoms with Gasteiger partial charge >= 0.3 is 0 Å². The quantitative estimate of drug-likeness (QED) is 0.736. The van der Waals surface area contributed by atoms with Gasteiger partial charge in [0.1, 0.15) is 5.82 Å². The van der Waals surface area contributed by atoms with Crippen LogP contribution >= 0.6 is 0 Å². The van der Waals surface area contributed by atoms with E-state index in [0.29, 0.717) is 0 Å². The van der Waals surface area contributed by atoms with E-state index in [1.165, 1.54) is 5.56 Å². The molecule has 0 radical (unpaired) electrons. The summed E-state index contributed by atoms with van der Waals surface area (Å²) in [5.41, 5.74) is 8.52. The van der Waals surface area contributed by atoms with Crippen LogP contribution in [0.4, 0.5) is 0 Å². The lowest BCUT2D eigenvalue weighted by Gasteiger charge is -2.10. The topological polar surface area (TPSA) is 43.3 Å². The predicted octanol–water partition coefficient (Wildman–Crippen LogP) is 1.59. The average molecular weight is 187 g/mol. The Labute approximate surface area is 82.6 Å². The Bertz CT molecular complexity index is 494. The molecule has 0 amide bonds. The number of aryl methyl sites for hydroxylation is 1. The number of imidazole rings is 1. The van der Waals surface area contributed by atoms with Crippen molar-refractivity contribution in [3.8, 4) is 0 Å². The van der Waals surface area contributed by atoms with Crippen molar-refractivity contribution < 1.29 is 0 Å². The van der Waals surface area contributed by atoms with Crippen LogP contribution in [0, 0.1) is 6.92 Å². The van der Waals surface area contributed by atoms with Gasteiger partial charge in [-0.3, -0.25) is 0 Å². The van der Waals surface area contributed by atoms with Crippen molar-refractivity contribution in [1.29, 1.82) is 0 Å². The molecule has 3 nitrogen and oxygen atoms in total. The first-order valence-corrected chi connectivity index (χ1v) is 4.93. The third-order valence-corrected chi connectivity index (χ3v) is 3.08. The van der Waals surface area contributed by atoms with Crippen molar-refractivity contribution in [1.82, 2.24) is 9.38 Å². The fourth-order valence-corrected chi connectivity index (χ4v) is 1.98. The maximum Gasteiger partial charge on any atom is 0.110 e. The fourth-order valence-electron chi connectivity index (χ4n) is 1.98. The van der Waals surface area contributed by atoms with Gasteiger partial charge in [0.05, 0.1) is 11.7 Å². The number of pyridine rings is 1. The normalized spacial score (nSPS) is 18.7. The van der Waals surface area contributed by atoms with Crippen molar-refractivity contribution >= 4 is 5.52 Å². The lowest BCUT2D eigenvalue weighted by Crippen LogP contribution is -2.19. The standard InChI is InChI=1S/C11H13N3/c1-8-13-7-10-9(11(12)4-5-11)3-2-6-14(8)10/h2-3,6-7H,4-5,12H2,1H3. The average Bonchev–Trinajstić information content (AvgIpc) is 2.83. The fraction of sp³-hybridized carbons (Fsp3) is 0.364. The van der Waals surface area contributed by atoms with Gasteiger partial charge in [0.25, 0.3) is 0 Å². The SMILES string of the molecule is Cc1ncc2c(C3(N)CC3)cccn12. The van der Waals surface area contributed by atoms with Gasteiger partial charge in [-0.15, -0.1) is 0 Å². The van der Waals surface area contributed by atoms with E-state index >= 15 is 0 Å². The molecule has 2 aromatic heterocycles. The third-order valence-electron chi connectivity index (χ3n) is 3.08. The van der Waals surface area contributed by atoms with E-state index in [1.807, 2.05) is 25.4 Å². The number of hydrogen-bond acceptors (Lipinski definition) is 2. The van der Waals surface area contributed by atoms with Crippen LogP contribution in [0.1, 0.15) is 24.2 Å². The second-order valence-electron chi connectivity index (χ2n) is 4.14. The van der Waals surface area contributed by atoms with Crippen molar-refractivity contribution in [3.63, 3.8) is 0 Å². The van der Waals surface area contributed by atoms with Gasteiger partial charge < -0.3 is 10.1 Å². The lowest BCUT2D eigenvalue weighted by atomic mass is 10.1. The Balaban J connectivity index is 2.34. The van der Waals surface area contributed by atoms with Gasteiger partial charge in [-0.05, 0) is 31.4 Å². The molecule has 1 fully saturated rings. The van der Waals surface area contributed by atoms with Crippen molar-refractivity contribution in [3.05, 3.63) is 35.9 Å². The van der Waals surface area contributed by atoms with Gasteiger partial charge in [0.15, 0.2) is 0 Å². The maximum absolute atomic E-state index is 6.20. The van der Waals surface area contributed by atoms with Crippen molar-refractivity contribution in [2.24, 2.45) is 5.73 Å². The van der Waals surface area contributed by atoms with E-state index in [2.05, 4.69) is 15.5 Å². The van der Waals surface area contributed by atoms with Crippen LogP contribution in [-0.4, -0.2) is 9.38 Å². The van der Waals surface area contributed by atoms with E-state index in [1.54, 1.807) is 0 Å². The van der Waals surface area contributed by atoms with Crippen molar-refractivity contribution in [2.45, 2.75) is 25.3 Å². The third kappa shape index (κ3) is 0.930. The van der Waals surface area contributed by atoms with Crippen molar-refractivity contribution in [2.75, 3.05) is 0 Å². The number of fused-ring (bicyclic) bond motifs is 1. The molecule has 0 aromatic carbocycles. The number of aromatic nitrogens is 2. The van der Waals surface area contributed by atoms with Gasteiger partial charge in [0.2, 0.25) is 0 Å². The van der Waals surface area contributed by atoms with E-state index in [0.717, 1.165) is 24.2 Å². The molecular formula is C11H13N3. The molecule has 0 aliphatic heterocycles. The first-order chi connectivity index (χ1) is 6.71. The van der Waals surface area contributed by atoms with E-state index < -0.39 is 0 Å². The highest BCUT2D eigenvalue weighted by Gasteiger charge is 2.41. The minimum Gasteiger partial charge on any atom is -0.321 e. The van der Waals surface area contributed by atoms with Crippen LogP contribution in [-0.2, 0) is 5.54 Å². The maximum atomic E-state index is 6.20. The van der Waals surface area contributed by atoms with Gasteiger partial charge in [-0.1, -0.05) is 6.07 Å². The Morgan fingerprint density at radius 2 is 2.29 bits per heavy atom. The monoisotopic (exact) mass is 187 g/mol. The van der Waals surface area contributed by atoms with Crippen LogP contribution in [0.15, 0.2) is 24.5 Å². The number of nitrogens with zero attached hydrogens (tertiary/aromatic N) is 2. The Morgan fingerprint density at radius 3 is 3.00 bits per heavy atom. The molecule has 0 atom stereocenters. The molecular weight excluding hydrogens is 174 g/mol. The second kappa shape index (κ2) is 2.36. The molecule has 3 heteroatoms. The molecule has 14 heavy (non-hydrogen) atoms. The van der Waals surface area contributed by atoms with Crippen LogP contribution in [0.25, 0.3) is 5.52 Å². The molecule has 0 unspecified atom stereocenters. The smallest absolute Gasteiger partial charge is 0.110 e. The summed E-state index contributed by atoms with van der Waals surface area (Å²) < 4.78 is 2.10. The Morgan fingerprint density at radius 1 is 1.50 bits per heavy atom. The van der Waals surface area contributed by atoms with E-state index in [-0.39, 0.29) is 5.54 Å². The second-order valence-corrected chi connectivity index (χ2v) is 4.14. The molecule has 3 rings (SSSR count). The summed E-state index contributed by atoms with van der Waals surface area (Å²) in [7, 11) is 0. The molecule has 0 spiro atoms. The number of hydrogen-bond donors (Lipinski definition) is 1. The molecule has 2 N–H and O–H groups in total. The van der Waals surface area contributed by atoms with E-state index in [9.17, 15) is 0 Å². The predicted molar refractivity (Wildman–Crippen MR) is 55.0 cm³/mol. The summed E-state index contributed by atoms with van der Waals surface area (Å²) in [6, 6.07) is 4.16. The minimum atomic E-state index is -0.0744. The molecule has 0 bridgehead atoms. The lowest BCUT2D eigenvalue weighted by molar-refractivity contribution is 0.742. The molecule has 1 saturated carbocycles.